The van der Waals surface area contributed by atoms with Crippen molar-refractivity contribution in [3.05, 3.63) is 93.0 Å². The molecule has 0 radical (unpaired) electrons. The summed E-state index contributed by atoms with van der Waals surface area (Å²) in [7, 11) is -8.93. The second-order valence-electron chi connectivity index (χ2n) is 18.4. The zero-order chi connectivity index (χ0) is 55.3. The normalized spacial score (nSPS) is 19.0. The number of hydrogen-bond acceptors (Lipinski definition) is 11. The first kappa shape index (κ1) is 54.7. The summed E-state index contributed by atoms with van der Waals surface area (Å²) in [6.07, 6.45) is -10.1. The van der Waals surface area contributed by atoms with Crippen LogP contribution in [0.15, 0.2) is 42.5 Å². The Labute approximate surface area is 423 Å². The number of benzene rings is 2. The van der Waals surface area contributed by atoms with Gasteiger partial charge in [0.25, 0.3) is 5.92 Å². The third-order valence-corrected chi connectivity index (χ3v) is 15.9. The summed E-state index contributed by atoms with van der Waals surface area (Å²) in [5.74, 6) is -7.94. The fourth-order valence-electron chi connectivity index (χ4n) is 8.94. The van der Waals surface area contributed by atoms with Crippen LogP contribution in [0.5, 0.6) is 0 Å². The average Bonchev–Trinajstić information content (AvgIpc) is 3.79. The predicted molar refractivity (Wildman–Crippen MR) is 244 cm³/mol. The van der Waals surface area contributed by atoms with Gasteiger partial charge >= 0.3 is 24.4 Å². The second kappa shape index (κ2) is 18.9. The van der Waals surface area contributed by atoms with E-state index in [2.05, 4.69) is 32.3 Å². The van der Waals surface area contributed by atoms with E-state index in [0.717, 1.165) is 42.7 Å². The minimum absolute atomic E-state index is 0.0642. The quantitative estimate of drug-likeness (QED) is 0.0958. The number of urea groups is 1. The number of ether oxygens (including phenoxy) is 1. The number of carbonyl (C=O) groups is 3. The molecule has 2 fully saturated rings. The highest BCUT2D eigenvalue weighted by atomic mass is 35.5. The van der Waals surface area contributed by atoms with E-state index in [1.165, 1.54) is 13.8 Å². The van der Waals surface area contributed by atoms with E-state index in [-0.39, 0.29) is 43.5 Å². The van der Waals surface area contributed by atoms with Crippen molar-refractivity contribution in [1.82, 2.24) is 34.8 Å². The number of halogens is 11. The van der Waals surface area contributed by atoms with Crippen molar-refractivity contribution in [2.24, 2.45) is 5.92 Å². The number of anilines is 1. The Morgan fingerprint density at radius 3 is 2.23 bits per heavy atom. The van der Waals surface area contributed by atoms with E-state index in [1.807, 2.05) is 0 Å². The number of pyridine rings is 1. The van der Waals surface area contributed by atoms with Gasteiger partial charge in [-0.25, -0.2) is 40.2 Å². The number of amides is 3. The Balaban J connectivity index is 1.37. The SMILES string of the molecule is CC(C)(C#Cc1ccc(-c2ccc(Cl)c3c(N(C(=O)N4CCOC[C@H]4C(=O)O)S(C)(=O)=O)nn(CC(F)(F)F)c23)c(C(Cc2cc(F)cc(F)c2)NC(=O)Cn2nc(C(F)(F)F)c3c2C(F)(F)[C@@H]2C[C@H]32)n1)S(C)(=O)=O. The van der Waals surface area contributed by atoms with Crippen LogP contribution in [0.4, 0.5) is 54.5 Å². The van der Waals surface area contributed by atoms with Gasteiger partial charge in [0, 0.05) is 41.5 Å². The first-order valence-corrected chi connectivity index (χ1v) is 26.1. The summed E-state index contributed by atoms with van der Waals surface area (Å²) in [5.41, 5.74) is -6.24. The Bertz CT molecular complexity index is 3480. The number of nitrogens with zero attached hydrogens (tertiary/aromatic N) is 7. The third kappa shape index (κ3) is 10.7. The van der Waals surface area contributed by atoms with Crippen LogP contribution in [0.2, 0.25) is 5.02 Å². The van der Waals surface area contributed by atoms with Crippen molar-refractivity contribution in [2.45, 2.75) is 80.8 Å². The van der Waals surface area contributed by atoms with Crippen LogP contribution in [0.1, 0.15) is 66.1 Å². The Hall–Kier alpha value is -6.51. The lowest BCUT2D eigenvalue weighted by Crippen LogP contribution is -2.57. The maximum atomic E-state index is 15.6. The highest BCUT2D eigenvalue weighted by Crippen LogP contribution is 2.68. The smallest absolute Gasteiger partial charge is 0.435 e. The lowest BCUT2D eigenvalue weighted by atomic mass is 9.93. The molecule has 4 atom stereocenters. The molecule has 75 heavy (non-hydrogen) atoms. The van der Waals surface area contributed by atoms with Crippen molar-refractivity contribution in [3.63, 3.8) is 0 Å². The molecule has 3 aliphatic rings. The van der Waals surface area contributed by atoms with Gasteiger partial charge in [-0.2, -0.15) is 49.6 Å². The number of aromatic nitrogens is 5. The van der Waals surface area contributed by atoms with Crippen LogP contribution in [0.3, 0.4) is 0 Å². The largest absolute Gasteiger partial charge is 0.480 e. The molecule has 2 aromatic carbocycles. The summed E-state index contributed by atoms with van der Waals surface area (Å²) < 4.78 is 204. The number of alkyl halides is 8. The average molecular weight is 1130 g/mol. The van der Waals surface area contributed by atoms with E-state index in [1.54, 1.807) is 0 Å². The van der Waals surface area contributed by atoms with E-state index >= 15 is 8.78 Å². The molecule has 17 nitrogen and oxygen atoms in total. The number of carbonyl (C=O) groups excluding carboxylic acids is 2. The lowest BCUT2D eigenvalue weighted by Gasteiger charge is -2.35. The zero-order valence-corrected chi connectivity index (χ0v) is 41.5. The van der Waals surface area contributed by atoms with Crippen LogP contribution < -0.4 is 9.62 Å². The molecule has 402 valence electrons. The molecule has 1 saturated heterocycles. The number of morpholine rings is 1. The minimum Gasteiger partial charge on any atom is -0.480 e. The van der Waals surface area contributed by atoms with Crippen molar-refractivity contribution in [1.29, 1.82) is 0 Å². The van der Waals surface area contributed by atoms with Crippen LogP contribution in [0.25, 0.3) is 22.0 Å². The topological polar surface area (TPSA) is 216 Å². The molecule has 0 bridgehead atoms. The molecule has 1 saturated carbocycles. The monoisotopic (exact) mass is 1120 g/mol. The molecular formula is C45H39ClF10N8O9S2. The molecule has 1 aliphatic heterocycles. The molecule has 8 rings (SSSR count). The number of aliphatic carboxylic acids is 1. The molecule has 4 heterocycles. The summed E-state index contributed by atoms with van der Waals surface area (Å²) in [6.45, 7) is -2.38. The fraction of sp³-hybridized carbons (Fsp3) is 0.422. The fourth-order valence-corrected chi connectivity index (χ4v) is 10.2. The molecule has 5 aromatic rings. The van der Waals surface area contributed by atoms with Crippen molar-refractivity contribution in [3.8, 4) is 23.0 Å². The summed E-state index contributed by atoms with van der Waals surface area (Å²) in [6, 6.07) is 1.12. The predicted octanol–water partition coefficient (Wildman–Crippen LogP) is 6.96. The van der Waals surface area contributed by atoms with Gasteiger partial charge in [0.1, 0.15) is 40.9 Å². The highest BCUT2D eigenvalue weighted by molar-refractivity contribution is 7.93. The van der Waals surface area contributed by atoms with Gasteiger partial charge in [-0.15, -0.1) is 0 Å². The summed E-state index contributed by atoms with van der Waals surface area (Å²) in [5, 5.41) is 18.4. The van der Waals surface area contributed by atoms with Crippen LogP contribution >= 0.6 is 11.6 Å². The van der Waals surface area contributed by atoms with Gasteiger partial charge in [0.2, 0.25) is 15.9 Å². The lowest BCUT2D eigenvalue weighted by molar-refractivity contribution is -0.147. The standard InChI is InChI=1S/C45H39ClF10N8O9S2/c1-42(2,74(3,69)70)10-9-24-5-6-25(26-7-8-29(46)34-36(26)63(20-43(49,50)51)60-39(34)64(75(4,71)72)41(68)61-11-12-73-19-31(61)40(66)67)35(57-24)30(15-21-13-22(47)16-23(48)14-21)58-32(65)18-62-38-33(37(59-62)45(54,55)56)27-17-28(27)44(38,52)53/h5-8,13-14,16,27-28,30-31H,11-12,15,17-20H2,1-4H3,(H,58,65)(H,66,67)/t27-,28+,30?,31-/m0/s1. The van der Waals surface area contributed by atoms with Crippen LogP contribution in [-0.4, -0.2) is 119 Å². The molecule has 3 amide bonds. The summed E-state index contributed by atoms with van der Waals surface area (Å²) >= 11 is 6.66. The van der Waals surface area contributed by atoms with Gasteiger partial charge in [0.15, 0.2) is 27.4 Å². The van der Waals surface area contributed by atoms with Gasteiger partial charge in [-0.3, -0.25) is 14.2 Å². The van der Waals surface area contributed by atoms with Gasteiger partial charge in [-0.05, 0) is 74.4 Å². The maximum Gasteiger partial charge on any atom is 0.435 e. The third-order valence-electron chi connectivity index (χ3n) is 12.7. The second-order valence-corrected chi connectivity index (χ2v) is 23.3. The van der Waals surface area contributed by atoms with E-state index < -0.39 is 179 Å². The number of hydrogen-bond donors (Lipinski definition) is 2. The summed E-state index contributed by atoms with van der Waals surface area (Å²) in [4.78, 5) is 45.7. The first-order chi connectivity index (χ1) is 34.6. The van der Waals surface area contributed by atoms with Crippen molar-refractivity contribution in [2.75, 3.05) is 36.6 Å². The number of rotatable bonds is 12. The molecule has 0 spiro atoms. The van der Waals surface area contributed by atoms with Gasteiger partial charge in [0.05, 0.1) is 47.1 Å². The number of nitrogens with one attached hydrogen (secondary N) is 1. The molecule has 2 aliphatic carbocycles. The highest BCUT2D eigenvalue weighted by Gasteiger charge is 2.68. The van der Waals surface area contributed by atoms with E-state index in [9.17, 15) is 71.4 Å². The Morgan fingerprint density at radius 2 is 1.63 bits per heavy atom. The number of carboxylic acid groups (broad SMARTS) is 1. The number of fused-ring (bicyclic) bond motifs is 4. The Kier molecular flexibility index (Phi) is 13.8. The van der Waals surface area contributed by atoms with E-state index in [0.29, 0.717) is 17.2 Å². The van der Waals surface area contributed by atoms with Crippen LogP contribution in [0, 0.1) is 29.4 Å². The van der Waals surface area contributed by atoms with E-state index in [4.69, 9.17) is 16.3 Å². The molecule has 30 heteroatoms. The van der Waals surface area contributed by atoms with Crippen molar-refractivity contribution < 1.29 is 85.0 Å². The maximum absolute atomic E-state index is 15.6. The van der Waals surface area contributed by atoms with Crippen molar-refractivity contribution >= 4 is 66.1 Å². The Morgan fingerprint density at radius 1 is 0.973 bits per heavy atom. The zero-order valence-electron chi connectivity index (χ0n) is 39.1. The number of carboxylic acids is 1. The van der Waals surface area contributed by atoms with Crippen LogP contribution in [-0.2, 0) is 65.8 Å². The molecule has 3 aromatic heterocycles. The number of sulfone groups is 1. The molecular weight excluding hydrogens is 1090 g/mol. The molecule has 2 N–H and O–H groups in total. The number of sulfonamides is 1. The van der Waals surface area contributed by atoms with Gasteiger partial charge in [-0.1, -0.05) is 23.6 Å². The first-order valence-electron chi connectivity index (χ1n) is 22.0. The van der Waals surface area contributed by atoms with Gasteiger partial charge < -0.3 is 20.1 Å². The minimum atomic E-state index is -5.24. The molecule has 1 unspecified atom stereocenters.